The van der Waals surface area contributed by atoms with Crippen molar-refractivity contribution in [2.24, 2.45) is 0 Å². The highest BCUT2D eigenvalue weighted by atomic mass is 35.5. The van der Waals surface area contributed by atoms with Gasteiger partial charge in [-0.15, -0.1) is 0 Å². The highest BCUT2D eigenvalue weighted by molar-refractivity contribution is 6.29. The van der Waals surface area contributed by atoms with E-state index in [2.05, 4.69) is 9.97 Å². The predicted molar refractivity (Wildman–Crippen MR) is 73.7 cm³/mol. The third kappa shape index (κ3) is 2.58. The zero-order valence-corrected chi connectivity index (χ0v) is 11.4. The van der Waals surface area contributed by atoms with E-state index in [-0.39, 0.29) is 5.91 Å². The maximum atomic E-state index is 12.5. The highest BCUT2D eigenvalue weighted by Gasteiger charge is 2.23. The molecule has 3 rings (SSSR count). The van der Waals surface area contributed by atoms with Gasteiger partial charge in [0.1, 0.15) is 17.5 Å². The molecule has 0 aliphatic carbocycles. The van der Waals surface area contributed by atoms with E-state index in [9.17, 15) is 4.79 Å². The Morgan fingerprint density at radius 2 is 2.10 bits per heavy atom. The van der Waals surface area contributed by atoms with Crippen LogP contribution in [0, 0.1) is 0 Å². The molecule has 1 aromatic carbocycles. The molecule has 0 saturated heterocycles. The first kappa shape index (κ1) is 12.9. The Labute approximate surface area is 121 Å². The van der Waals surface area contributed by atoms with Crippen molar-refractivity contribution in [3.8, 4) is 5.75 Å². The van der Waals surface area contributed by atoms with E-state index in [4.69, 9.17) is 16.3 Å². The number of benzene rings is 1. The lowest BCUT2D eigenvalue weighted by atomic mass is 10.2. The third-order valence-electron chi connectivity index (χ3n) is 3.05. The van der Waals surface area contributed by atoms with Crippen LogP contribution in [0.5, 0.6) is 5.75 Å². The van der Waals surface area contributed by atoms with Gasteiger partial charge in [0.15, 0.2) is 0 Å². The van der Waals surface area contributed by atoms with Crippen LogP contribution in [0.15, 0.2) is 36.7 Å². The molecule has 0 saturated carbocycles. The summed E-state index contributed by atoms with van der Waals surface area (Å²) in [4.78, 5) is 22.3. The molecule has 20 heavy (non-hydrogen) atoms. The molecule has 1 aliphatic rings. The first-order valence-electron chi connectivity index (χ1n) is 6.21. The highest BCUT2D eigenvalue weighted by Crippen LogP contribution is 2.23. The van der Waals surface area contributed by atoms with Crippen molar-refractivity contribution < 1.29 is 9.53 Å². The van der Waals surface area contributed by atoms with E-state index in [1.807, 2.05) is 12.1 Å². The Balaban J connectivity index is 1.84. The smallest absolute Gasteiger partial charge is 0.258 e. The number of carbonyl (C=O) groups excluding carboxylic acids is 1. The molecule has 5 nitrogen and oxygen atoms in total. The Morgan fingerprint density at radius 1 is 1.25 bits per heavy atom. The fourth-order valence-corrected chi connectivity index (χ4v) is 2.17. The fourth-order valence-electron chi connectivity index (χ4n) is 2.07. The second-order valence-corrected chi connectivity index (χ2v) is 4.79. The lowest BCUT2D eigenvalue weighted by molar-refractivity contribution is 0.0740. The summed E-state index contributed by atoms with van der Waals surface area (Å²) in [5.41, 5.74) is 1.27. The first-order valence-corrected chi connectivity index (χ1v) is 6.59. The topological polar surface area (TPSA) is 55.3 Å². The molecule has 1 aliphatic heterocycles. The number of halogens is 1. The van der Waals surface area contributed by atoms with E-state index in [0.717, 1.165) is 0 Å². The summed E-state index contributed by atoms with van der Waals surface area (Å²) in [6.45, 7) is 1.36. The van der Waals surface area contributed by atoms with Gasteiger partial charge in [-0.1, -0.05) is 23.7 Å². The van der Waals surface area contributed by atoms with Gasteiger partial charge in [0, 0.05) is 0 Å². The molecular weight excluding hydrogens is 278 g/mol. The normalized spacial score (nSPS) is 14.4. The average molecular weight is 290 g/mol. The minimum atomic E-state index is -0.0603. The molecule has 102 valence electrons. The van der Waals surface area contributed by atoms with Gasteiger partial charge in [-0.05, 0) is 12.1 Å². The van der Waals surface area contributed by atoms with Crippen molar-refractivity contribution in [3.05, 3.63) is 53.1 Å². The van der Waals surface area contributed by atoms with E-state index in [1.54, 1.807) is 23.2 Å². The summed E-state index contributed by atoms with van der Waals surface area (Å²) in [6, 6.07) is 7.25. The van der Waals surface area contributed by atoms with Gasteiger partial charge in [0.05, 0.1) is 36.7 Å². The molecular formula is C14H12ClN3O2. The maximum Gasteiger partial charge on any atom is 0.258 e. The van der Waals surface area contributed by atoms with Crippen LogP contribution in [-0.4, -0.2) is 33.9 Å². The van der Waals surface area contributed by atoms with E-state index >= 15 is 0 Å². The van der Waals surface area contributed by atoms with E-state index in [1.165, 1.54) is 6.20 Å². The second-order valence-electron chi connectivity index (χ2n) is 4.40. The van der Waals surface area contributed by atoms with Crippen LogP contribution in [0.2, 0.25) is 5.15 Å². The fraction of sp³-hybridized carbons (Fsp3) is 0.214. The van der Waals surface area contributed by atoms with Gasteiger partial charge in [0.25, 0.3) is 5.91 Å². The minimum Gasteiger partial charge on any atom is -0.491 e. The number of amides is 1. The quantitative estimate of drug-likeness (QED) is 0.850. The number of carbonyl (C=O) groups is 1. The van der Waals surface area contributed by atoms with Crippen molar-refractivity contribution in [2.75, 3.05) is 13.2 Å². The van der Waals surface area contributed by atoms with Gasteiger partial charge in [0.2, 0.25) is 0 Å². The van der Waals surface area contributed by atoms with Crippen LogP contribution in [0.4, 0.5) is 0 Å². The number of aromatic nitrogens is 2. The number of hydrogen-bond acceptors (Lipinski definition) is 4. The molecule has 2 aromatic rings. The monoisotopic (exact) mass is 289 g/mol. The lowest BCUT2D eigenvalue weighted by Gasteiger charge is -2.19. The molecule has 0 unspecified atom stereocenters. The molecule has 0 radical (unpaired) electrons. The molecule has 0 bridgehead atoms. The Kier molecular flexibility index (Phi) is 3.52. The van der Waals surface area contributed by atoms with Crippen LogP contribution < -0.4 is 4.74 Å². The average Bonchev–Trinajstić information content (AvgIpc) is 2.62. The summed E-state index contributed by atoms with van der Waals surface area (Å²) in [7, 11) is 0. The van der Waals surface area contributed by atoms with Crippen molar-refractivity contribution in [3.63, 3.8) is 0 Å². The van der Waals surface area contributed by atoms with Crippen molar-refractivity contribution >= 4 is 17.5 Å². The van der Waals surface area contributed by atoms with Gasteiger partial charge >= 0.3 is 0 Å². The van der Waals surface area contributed by atoms with Crippen molar-refractivity contribution in [1.29, 1.82) is 0 Å². The summed E-state index contributed by atoms with van der Waals surface area (Å²) >= 11 is 5.70. The van der Waals surface area contributed by atoms with Crippen LogP contribution in [0.25, 0.3) is 0 Å². The van der Waals surface area contributed by atoms with Gasteiger partial charge in [-0.3, -0.25) is 9.78 Å². The summed E-state index contributed by atoms with van der Waals surface area (Å²) < 4.78 is 5.59. The predicted octanol–water partition coefficient (Wildman–Crippen LogP) is 2.16. The third-order valence-corrected chi connectivity index (χ3v) is 3.25. The van der Waals surface area contributed by atoms with Crippen LogP contribution in [0.1, 0.15) is 16.1 Å². The Bertz CT molecular complexity index is 631. The molecule has 6 heteroatoms. The second kappa shape index (κ2) is 5.46. The van der Waals surface area contributed by atoms with Crippen molar-refractivity contribution in [2.45, 2.75) is 6.54 Å². The zero-order valence-electron chi connectivity index (χ0n) is 10.6. The van der Waals surface area contributed by atoms with Gasteiger partial charge < -0.3 is 9.64 Å². The number of fused-ring (bicyclic) bond motifs is 1. The van der Waals surface area contributed by atoms with Gasteiger partial charge in [-0.25, -0.2) is 4.98 Å². The summed E-state index contributed by atoms with van der Waals surface area (Å²) in [5.74, 6) is 0.567. The maximum absolute atomic E-state index is 12.5. The summed E-state index contributed by atoms with van der Waals surface area (Å²) in [5, 5.41) is 0.338. The largest absolute Gasteiger partial charge is 0.491 e. The number of para-hydroxylation sites is 1. The van der Waals surface area contributed by atoms with E-state index in [0.29, 0.717) is 41.9 Å². The molecule has 0 N–H and O–H groups in total. The first-order chi connectivity index (χ1) is 9.74. The van der Waals surface area contributed by atoms with E-state index < -0.39 is 0 Å². The Morgan fingerprint density at radius 3 is 2.90 bits per heavy atom. The van der Waals surface area contributed by atoms with Crippen LogP contribution in [-0.2, 0) is 6.54 Å². The number of hydrogen-bond donors (Lipinski definition) is 0. The molecule has 0 atom stereocenters. The van der Waals surface area contributed by atoms with Gasteiger partial charge in [-0.2, -0.15) is 0 Å². The SMILES string of the molecule is O=C1c2ccccc2OCCN1Cc1cnc(Cl)cn1. The molecule has 1 amide bonds. The van der Waals surface area contributed by atoms with Crippen LogP contribution in [0.3, 0.4) is 0 Å². The standard InChI is InChI=1S/C14H12ClN3O2/c15-13-8-16-10(7-17-13)9-18-5-6-20-12-4-2-1-3-11(12)14(18)19/h1-4,7-8H,5-6,9H2. The molecule has 2 heterocycles. The summed E-state index contributed by atoms with van der Waals surface area (Å²) in [6.07, 6.45) is 3.05. The Hall–Kier alpha value is -2.14. The molecule has 0 fully saturated rings. The lowest BCUT2D eigenvalue weighted by Crippen LogP contribution is -2.32. The zero-order chi connectivity index (χ0) is 13.9. The van der Waals surface area contributed by atoms with Crippen molar-refractivity contribution in [1.82, 2.24) is 14.9 Å². The minimum absolute atomic E-state index is 0.0603. The van der Waals surface area contributed by atoms with Crippen LogP contribution >= 0.6 is 11.6 Å². The number of nitrogens with zero attached hydrogens (tertiary/aromatic N) is 3. The number of ether oxygens (including phenoxy) is 1. The number of rotatable bonds is 2. The molecule has 1 aromatic heterocycles. The molecule has 0 spiro atoms.